The van der Waals surface area contributed by atoms with Crippen LogP contribution in [0.4, 0.5) is 10.1 Å². The minimum Gasteiger partial charge on any atom is -0.326 e. The second-order valence-electron chi connectivity index (χ2n) is 5.43. The molecule has 0 unspecified atom stereocenters. The standard InChI is InChI=1S/C18H17FN4OS/c1-23-16(11-17(24)20-14-8-3-2-4-9-14)21-22-18(23)25-12-13-7-5-6-10-15(13)19/h2-10H,11-12H2,1H3,(H,20,24). The summed E-state index contributed by atoms with van der Waals surface area (Å²) in [7, 11) is 1.80. The number of amides is 1. The van der Waals surface area contributed by atoms with Gasteiger partial charge >= 0.3 is 0 Å². The molecule has 7 heteroatoms. The SMILES string of the molecule is Cn1c(CC(=O)Nc2ccccc2)nnc1SCc1ccccc1F. The summed E-state index contributed by atoms with van der Waals surface area (Å²) in [5, 5.41) is 11.6. The summed E-state index contributed by atoms with van der Waals surface area (Å²) in [6.45, 7) is 0. The highest BCUT2D eigenvalue weighted by atomic mass is 32.2. The van der Waals surface area contributed by atoms with Crippen molar-refractivity contribution in [2.24, 2.45) is 7.05 Å². The molecule has 1 aromatic heterocycles. The van der Waals surface area contributed by atoms with Gasteiger partial charge in [-0.2, -0.15) is 0 Å². The van der Waals surface area contributed by atoms with Crippen LogP contribution >= 0.6 is 11.8 Å². The van der Waals surface area contributed by atoms with Gasteiger partial charge < -0.3 is 9.88 Å². The van der Waals surface area contributed by atoms with E-state index >= 15 is 0 Å². The number of para-hydroxylation sites is 1. The van der Waals surface area contributed by atoms with Crippen LogP contribution < -0.4 is 5.32 Å². The summed E-state index contributed by atoms with van der Waals surface area (Å²) in [6, 6.07) is 15.9. The number of anilines is 1. The van der Waals surface area contributed by atoms with Crippen molar-refractivity contribution in [3.05, 3.63) is 71.8 Å². The number of nitrogens with zero attached hydrogens (tertiary/aromatic N) is 3. The van der Waals surface area contributed by atoms with Crippen molar-refractivity contribution >= 4 is 23.4 Å². The number of nitrogens with one attached hydrogen (secondary N) is 1. The van der Waals surface area contributed by atoms with Crippen LogP contribution in [-0.4, -0.2) is 20.7 Å². The van der Waals surface area contributed by atoms with Crippen LogP contribution in [0.25, 0.3) is 0 Å². The van der Waals surface area contributed by atoms with Crippen molar-refractivity contribution in [2.75, 3.05) is 5.32 Å². The average molecular weight is 356 g/mol. The molecule has 128 valence electrons. The minimum absolute atomic E-state index is 0.124. The highest BCUT2D eigenvalue weighted by molar-refractivity contribution is 7.98. The normalized spacial score (nSPS) is 10.6. The molecule has 0 saturated carbocycles. The van der Waals surface area contributed by atoms with Crippen molar-refractivity contribution in [1.82, 2.24) is 14.8 Å². The molecule has 0 atom stereocenters. The molecule has 0 spiro atoms. The molecule has 3 rings (SSSR count). The molecule has 0 radical (unpaired) electrons. The molecule has 0 saturated heterocycles. The predicted octanol–water partition coefficient (Wildman–Crippen LogP) is 3.43. The first kappa shape index (κ1) is 17.2. The Hall–Kier alpha value is -2.67. The third-order valence-corrected chi connectivity index (χ3v) is 4.68. The largest absolute Gasteiger partial charge is 0.326 e. The molecule has 0 aliphatic carbocycles. The van der Waals surface area contributed by atoms with Gasteiger partial charge in [0.25, 0.3) is 0 Å². The van der Waals surface area contributed by atoms with E-state index in [1.54, 1.807) is 29.8 Å². The zero-order valence-corrected chi connectivity index (χ0v) is 14.5. The highest BCUT2D eigenvalue weighted by Crippen LogP contribution is 2.22. The Labute approximate surface area is 149 Å². The van der Waals surface area contributed by atoms with Crippen molar-refractivity contribution < 1.29 is 9.18 Å². The third kappa shape index (κ3) is 4.45. The number of carbonyl (C=O) groups is 1. The van der Waals surface area contributed by atoms with Crippen LogP contribution in [-0.2, 0) is 24.0 Å². The molecular formula is C18H17FN4OS. The van der Waals surface area contributed by atoms with E-state index in [-0.39, 0.29) is 18.1 Å². The number of aromatic nitrogens is 3. The number of benzene rings is 2. The van der Waals surface area contributed by atoms with E-state index < -0.39 is 0 Å². The molecule has 1 amide bonds. The lowest BCUT2D eigenvalue weighted by Crippen LogP contribution is -2.16. The van der Waals surface area contributed by atoms with E-state index in [0.717, 1.165) is 5.69 Å². The van der Waals surface area contributed by atoms with E-state index in [9.17, 15) is 9.18 Å². The van der Waals surface area contributed by atoms with Gasteiger partial charge in [0.2, 0.25) is 5.91 Å². The van der Waals surface area contributed by atoms with Crippen LogP contribution in [0, 0.1) is 5.82 Å². The van der Waals surface area contributed by atoms with E-state index in [0.29, 0.717) is 22.3 Å². The third-order valence-electron chi connectivity index (χ3n) is 3.62. The van der Waals surface area contributed by atoms with Gasteiger partial charge in [-0.05, 0) is 23.8 Å². The topological polar surface area (TPSA) is 59.8 Å². The van der Waals surface area contributed by atoms with Crippen molar-refractivity contribution in [3.8, 4) is 0 Å². The average Bonchev–Trinajstić information content (AvgIpc) is 2.95. The highest BCUT2D eigenvalue weighted by Gasteiger charge is 2.14. The van der Waals surface area contributed by atoms with Gasteiger partial charge in [-0.1, -0.05) is 48.2 Å². The summed E-state index contributed by atoms with van der Waals surface area (Å²) in [6.07, 6.45) is 0.124. The summed E-state index contributed by atoms with van der Waals surface area (Å²) in [4.78, 5) is 12.1. The zero-order chi connectivity index (χ0) is 17.6. The van der Waals surface area contributed by atoms with E-state index in [1.165, 1.54) is 17.8 Å². The van der Waals surface area contributed by atoms with E-state index in [4.69, 9.17) is 0 Å². The number of carbonyl (C=O) groups excluding carboxylic acids is 1. The Morgan fingerprint density at radius 1 is 1.12 bits per heavy atom. The quantitative estimate of drug-likeness (QED) is 0.688. The Morgan fingerprint density at radius 3 is 2.60 bits per heavy atom. The summed E-state index contributed by atoms with van der Waals surface area (Å²) < 4.78 is 15.4. The van der Waals surface area contributed by atoms with Gasteiger partial charge in [0.1, 0.15) is 11.6 Å². The molecule has 5 nitrogen and oxygen atoms in total. The number of hydrogen-bond acceptors (Lipinski definition) is 4. The molecule has 1 N–H and O–H groups in total. The van der Waals surface area contributed by atoms with E-state index in [1.807, 2.05) is 30.3 Å². The first-order chi connectivity index (χ1) is 12.1. The summed E-state index contributed by atoms with van der Waals surface area (Å²) in [5.41, 5.74) is 1.35. The fraction of sp³-hybridized carbons (Fsp3) is 0.167. The first-order valence-electron chi connectivity index (χ1n) is 7.73. The Kier molecular flexibility index (Phi) is 5.45. The van der Waals surface area contributed by atoms with Crippen LogP contribution in [0.5, 0.6) is 0 Å². The lowest BCUT2D eigenvalue weighted by molar-refractivity contribution is -0.115. The van der Waals surface area contributed by atoms with Crippen LogP contribution in [0.3, 0.4) is 0 Å². The monoisotopic (exact) mass is 356 g/mol. The van der Waals surface area contributed by atoms with Gasteiger partial charge in [-0.3, -0.25) is 4.79 Å². The minimum atomic E-state index is -0.236. The molecule has 0 bridgehead atoms. The van der Waals surface area contributed by atoms with Crippen molar-refractivity contribution in [1.29, 1.82) is 0 Å². The van der Waals surface area contributed by atoms with Crippen LogP contribution in [0.1, 0.15) is 11.4 Å². The first-order valence-corrected chi connectivity index (χ1v) is 8.71. The van der Waals surface area contributed by atoms with Crippen LogP contribution in [0.2, 0.25) is 0 Å². The second-order valence-corrected chi connectivity index (χ2v) is 6.37. The lowest BCUT2D eigenvalue weighted by Gasteiger charge is -2.06. The Morgan fingerprint density at radius 2 is 1.84 bits per heavy atom. The number of thioether (sulfide) groups is 1. The zero-order valence-electron chi connectivity index (χ0n) is 13.6. The maximum Gasteiger partial charge on any atom is 0.232 e. The smallest absolute Gasteiger partial charge is 0.232 e. The van der Waals surface area contributed by atoms with Gasteiger partial charge in [0.05, 0.1) is 6.42 Å². The molecule has 0 aliphatic heterocycles. The van der Waals surface area contributed by atoms with Gasteiger partial charge in [-0.15, -0.1) is 10.2 Å². The van der Waals surface area contributed by atoms with Crippen molar-refractivity contribution in [2.45, 2.75) is 17.3 Å². The van der Waals surface area contributed by atoms with Gasteiger partial charge in [0.15, 0.2) is 5.16 Å². The van der Waals surface area contributed by atoms with Crippen molar-refractivity contribution in [3.63, 3.8) is 0 Å². The molecule has 25 heavy (non-hydrogen) atoms. The molecule has 2 aromatic carbocycles. The van der Waals surface area contributed by atoms with Crippen LogP contribution in [0.15, 0.2) is 59.8 Å². The van der Waals surface area contributed by atoms with E-state index in [2.05, 4.69) is 15.5 Å². The fourth-order valence-electron chi connectivity index (χ4n) is 2.25. The Bertz CT molecular complexity index is 867. The predicted molar refractivity (Wildman–Crippen MR) is 95.7 cm³/mol. The van der Waals surface area contributed by atoms with Gasteiger partial charge in [-0.25, -0.2) is 4.39 Å². The number of halogens is 1. The lowest BCUT2D eigenvalue weighted by atomic mass is 10.2. The maximum atomic E-state index is 13.7. The summed E-state index contributed by atoms with van der Waals surface area (Å²) in [5.74, 6) is 0.617. The molecular weight excluding hydrogens is 339 g/mol. The Balaban J connectivity index is 1.61. The molecule has 3 aromatic rings. The molecule has 0 fully saturated rings. The summed E-state index contributed by atoms with van der Waals surface area (Å²) >= 11 is 1.38. The molecule has 1 heterocycles. The fourth-order valence-corrected chi connectivity index (χ4v) is 3.17. The second kappa shape index (κ2) is 7.94. The molecule has 0 aliphatic rings. The number of hydrogen-bond donors (Lipinski definition) is 1. The van der Waals surface area contributed by atoms with Gasteiger partial charge in [0, 0.05) is 18.5 Å². The number of rotatable bonds is 6. The maximum absolute atomic E-state index is 13.7.